The minimum atomic E-state index is -0.373. The average molecular weight is 541 g/mol. The minimum absolute atomic E-state index is 0.141. The Kier molecular flexibility index (Phi) is 9.13. The highest BCUT2D eigenvalue weighted by Crippen LogP contribution is 2.40. The Morgan fingerprint density at radius 3 is 2.23 bits per heavy atom. The van der Waals surface area contributed by atoms with E-state index < -0.39 is 0 Å². The molecule has 2 amide bonds. The maximum atomic E-state index is 13.7. The molecule has 1 unspecified atom stereocenters. The molecular weight excluding hydrogens is 504 g/mol. The van der Waals surface area contributed by atoms with Crippen LogP contribution in [0.25, 0.3) is 0 Å². The predicted molar refractivity (Wildman–Crippen MR) is 145 cm³/mol. The van der Waals surface area contributed by atoms with Gasteiger partial charge in [-0.2, -0.15) is 5.10 Å². The molecule has 2 aromatic carbocycles. The highest BCUT2D eigenvalue weighted by Gasteiger charge is 2.36. The molecule has 2 aromatic rings. The molecule has 1 saturated heterocycles. The summed E-state index contributed by atoms with van der Waals surface area (Å²) in [6.07, 6.45) is 0.166. The summed E-state index contributed by atoms with van der Waals surface area (Å²) in [6.45, 7) is 4.44. The second-order valence-electron chi connectivity index (χ2n) is 9.14. The summed E-state index contributed by atoms with van der Waals surface area (Å²) >= 11 is 0. The number of amides is 2. The predicted octanol–water partition coefficient (Wildman–Crippen LogP) is 3.17. The fraction of sp³-hybridized carbons (Fsp3) is 0.464. The Labute approximate surface area is 228 Å². The van der Waals surface area contributed by atoms with Crippen LogP contribution in [0.5, 0.6) is 23.0 Å². The Hall–Kier alpha value is -3.99. The van der Waals surface area contributed by atoms with Crippen LogP contribution in [0.1, 0.15) is 30.5 Å². The van der Waals surface area contributed by atoms with Crippen LogP contribution >= 0.6 is 0 Å². The van der Waals surface area contributed by atoms with Crippen LogP contribution in [0, 0.1) is 0 Å². The lowest BCUT2D eigenvalue weighted by Crippen LogP contribution is -2.51. The molecule has 11 nitrogen and oxygen atoms in total. The lowest BCUT2D eigenvalue weighted by molar-refractivity contribution is -0.134. The number of nitrogens with zero attached hydrogens (tertiary/aromatic N) is 4. The summed E-state index contributed by atoms with van der Waals surface area (Å²) in [7, 11) is 6.36. The van der Waals surface area contributed by atoms with Crippen molar-refractivity contribution in [2.45, 2.75) is 19.4 Å². The molecule has 0 saturated carbocycles. The second-order valence-corrected chi connectivity index (χ2v) is 9.14. The van der Waals surface area contributed by atoms with Crippen LogP contribution in [0.4, 0.5) is 4.79 Å². The molecule has 0 radical (unpaired) electrons. The lowest BCUT2D eigenvalue weighted by Gasteiger charge is -2.34. The molecule has 2 aliphatic heterocycles. The van der Waals surface area contributed by atoms with Crippen molar-refractivity contribution in [2.24, 2.45) is 5.10 Å². The van der Waals surface area contributed by atoms with E-state index in [0.29, 0.717) is 62.2 Å². The summed E-state index contributed by atoms with van der Waals surface area (Å²) in [4.78, 5) is 29.5. The third-order valence-corrected chi connectivity index (χ3v) is 6.94. The molecule has 0 N–H and O–H groups in total. The number of piperazine rings is 1. The molecule has 2 aliphatic rings. The molecule has 0 spiro atoms. The van der Waals surface area contributed by atoms with E-state index in [0.717, 1.165) is 16.8 Å². The minimum Gasteiger partial charge on any atom is -0.497 e. The van der Waals surface area contributed by atoms with Gasteiger partial charge < -0.3 is 28.6 Å². The van der Waals surface area contributed by atoms with E-state index in [9.17, 15) is 9.59 Å². The number of benzene rings is 2. The van der Waals surface area contributed by atoms with E-state index >= 15 is 0 Å². The van der Waals surface area contributed by atoms with Gasteiger partial charge in [0.2, 0.25) is 0 Å². The standard InChI is InChI=1S/C28H36N4O7/c1-6-39-28(34)31-13-11-30(12-14-31)18-27(33)32-23(21-9-8-20(35-2)16-25(21)37-4)17-22(29-32)19-7-10-24(36-3)26(15-19)38-5/h7-10,15-16,23H,6,11-14,17-18H2,1-5H3. The van der Waals surface area contributed by atoms with E-state index in [4.69, 9.17) is 28.8 Å². The van der Waals surface area contributed by atoms with E-state index in [1.807, 2.05) is 35.2 Å². The smallest absolute Gasteiger partial charge is 0.409 e. The summed E-state index contributed by atoms with van der Waals surface area (Å²) in [5, 5.41) is 6.35. The van der Waals surface area contributed by atoms with Gasteiger partial charge in [-0.05, 0) is 37.3 Å². The van der Waals surface area contributed by atoms with E-state index in [-0.39, 0.29) is 24.6 Å². The van der Waals surface area contributed by atoms with Gasteiger partial charge in [0.25, 0.3) is 5.91 Å². The molecule has 1 fully saturated rings. The van der Waals surface area contributed by atoms with Crippen molar-refractivity contribution in [1.82, 2.24) is 14.8 Å². The molecule has 0 aromatic heterocycles. The van der Waals surface area contributed by atoms with Crippen LogP contribution in [-0.2, 0) is 9.53 Å². The first-order valence-corrected chi connectivity index (χ1v) is 12.9. The van der Waals surface area contributed by atoms with Gasteiger partial charge in [0, 0.05) is 49.8 Å². The Balaban J connectivity index is 1.59. The molecule has 4 rings (SSSR count). The number of methoxy groups -OCH3 is 4. The molecular formula is C28H36N4O7. The first kappa shape index (κ1) is 28.0. The molecule has 2 heterocycles. The topological polar surface area (TPSA) is 102 Å². The number of hydrazone groups is 1. The first-order valence-electron chi connectivity index (χ1n) is 12.9. The average Bonchev–Trinajstić information content (AvgIpc) is 3.42. The van der Waals surface area contributed by atoms with Gasteiger partial charge in [-0.25, -0.2) is 9.80 Å². The van der Waals surface area contributed by atoms with Crippen molar-refractivity contribution in [3.8, 4) is 23.0 Å². The van der Waals surface area contributed by atoms with Gasteiger partial charge in [0.1, 0.15) is 11.5 Å². The van der Waals surface area contributed by atoms with Gasteiger partial charge in [-0.3, -0.25) is 9.69 Å². The molecule has 1 atom stereocenters. The molecule has 39 heavy (non-hydrogen) atoms. The third kappa shape index (κ3) is 6.19. The van der Waals surface area contributed by atoms with Gasteiger partial charge in [-0.15, -0.1) is 0 Å². The molecule has 210 valence electrons. The maximum absolute atomic E-state index is 13.7. The largest absolute Gasteiger partial charge is 0.497 e. The van der Waals surface area contributed by atoms with E-state index in [2.05, 4.69) is 0 Å². The fourth-order valence-electron chi connectivity index (χ4n) is 4.83. The van der Waals surface area contributed by atoms with Crippen LogP contribution in [-0.4, -0.2) is 100 Å². The normalized spacial score (nSPS) is 17.5. The zero-order valence-electron chi connectivity index (χ0n) is 23.1. The SMILES string of the molecule is CCOC(=O)N1CCN(CC(=O)N2N=C(c3ccc(OC)c(OC)c3)CC2c2ccc(OC)cc2OC)CC1. The van der Waals surface area contributed by atoms with Gasteiger partial charge in [-0.1, -0.05) is 0 Å². The van der Waals surface area contributed by atoms with Crippen molar-refractivity contribution >= 4 is 17.7 Å². The number of hydrogen-bond acceptors (Lipinski definition) is 9. The summed E-state index contributed by atoms with van der Waals surface area (Å²) in [5.41, 5.74) is 2.42. The van der Waals surface area contributed by atoms with Gasteiger partial charge in [0.05, 0.1) is 53.3 Å². The summed E-state index contributed by atoms with van der Waals surface area (Å²) < 4.78 is 27.0. The zero-order valence-corrected chi connectivity index (χ0v) is 23.1. The monoisotopic (exact) mass is 540 g/mol. The molecule has 0 aliphatic carbocycles. The Bertz CT molecular complexity index is 1210. The van der Waals surface area contributed by atoms with Crippen molar-refractivity contribution in [2.75, 3.05) is 67.8 Å². The van der Waals surface area contributed by atoms with Crippen molar-refractivity contribution in [1.29, 1.82) is 0 Å². The number of ether oxygens (including phenoxy) is 5. The molecule has 0 bridgehead atoms. The fourth-order valence-corrected chi connectivity index (χ4v) is 4.83. The van der Waals surface area contributed by atoms with Crippen molar-refractivity contribution in [3.63, 3.8) is 0 Å². The Morgan fingerprint density at radius 1 is 0.872 bits per heavy atom. The van der Waals surface area contributed by atoms with Gasteiger partial charge in [0.15, 0.2) is 11.5 Å². The van der Waals surface area contributed by atoms with E-state index in [1.54, 1.807) is 51.3 Å². The zero-order chi connectivity index (χ0) is 27.9. The summed E-state index contributed by atoms with van der Waals surface area (Å²) in [5.74, 6) is 2.33. The second kappa shape index (κ2) is 12.7. The highest BCUT2D eigenvalue weighted by atomic mass is 16.6. The quantitative estimate of drug-likeness (QED) is 0.478. The summed E-state index contributed by atoms with van der Waals surface area (Å²) in [6, 6.07) is 10.8. The van der Waals surface area contributed by atoms with Crippen LogP contribution < -0.4 is 18.9 Å². The molecule has 11 heteroatoms. The highest BCUT2D eigenvalue weighted by molar-refractivity contribution is 6.03. The number of carbonyl (C=O) groups is 2. The number of hydrogen-bond donors (Lipinski definition) is 0. The third-order valence-electron chi connectivity index (χ3n) is 6.94. The maximum Gasteiger partial charge on any atom is 0.409 e. The lowest BCUT2D eigenvalue weighted by atomic mass is 9.97. The van der Waals surface area contributed by atoms with Gasteiger partial charge >= 0.3 is 6.09 Å². The van der Waals surface area contributed by atoms with Crippen LogP contribution in [0.15, 0.2) is 41.5 Å². The van der Waals surface area contributed by atoms with Crippen molar-refractivity contribution in [3.05, 3.63) is 47.5 Å². The van der Waals surface area contributed by atoms with Crippen LogP contribution in [0.3, 0.4) is 0 Å². The first-order chi connectivity index (χ1) is 18.9. The number of carbonyl (C=O) groups excluding carboxylic acids is 2. The number of rotatable bonds is 9. The van der Waals surface area contributed by atoms with Crippen molar-refractivity contribution < 1.29 is 33.3 Å². The van der Waals surface area contributed by atoms with Crippen LogP contribution in [0.2, 0.25) is 0 Å². The van der Waals surface area contributed by atoms with E-state index in [1.165, 1.54) is 0 Å². The Morgan fingerprint density at radius 2 is 1.59 bits per heavy atom.